The van der Waals surface area contributed by atoms with Crippen molar-refractivity contribution in [3.8, 4) is 5.88 Å². The molecule has 1 aliphatic rings. The highest BCUT2D eigenvalue weighted by molar-refractivity contribution is 14.1. The molecule has 1 fully saturated rings. The topological polar surface area (TPSA) is 66.0 Å². The summed E-state index contributed by atoms with van der Waals surface area (Å²) in [7, 11) is 0. The Hall–Kier alpha value is 0.110. The molecule has 2 heterocycles. The minimum Gasteiger partial charge on any atom is -0.492 e. The van der Waals surface area contributed by atoms with Crippen LogP contribution >= 0.6 is 46.1 Å². The number of aromatic amines is 1. The van der Waals surface area contributed by atoms with Gasteiger partial charge in [-0.3, -0.25) is 4.79 Å². The number of thioether (sulfide) groups is 2. The largest absolute Gasteiger partial charge is 0.492 e. The number of aromatic hydroxyl groups is 1. The second-order valence-corrected chi connectivity index (χ2v) is 7.37. The van der Waals surface area contributed by atoms with E-state index in [0.29, 0.717) is 11.1 Å². The fourth-order valence-corrected chi connectivity index (χ4v) is 5.02. The lowest BCUT2D eigenvalue weighted by Gasteiger charge is -2.28. The highest BCUT2D eigenvalue weighted by Gasteiger charge is 2.29. The third-order valence-electron chi connectivity index (χ3n) is 2.59. The first kappa shape index (κ1) is 13.5. The molecule has 1 aliphatic heterocycles. The molecule has 2 rings (SSSR count). The molecule has 1 aromatic heterocycles. The molecule has 0 saturated carbocycles. The molecule has 2 N–H and O–H groups in total. The lowest BCUT2D eigenvalue weighted by Crippen LogP contribution is -2.24. The van der Waals surface area contributed by atoms with Crippen LogP contribution in [0.25, 0.3) is 0 Å². The van der Waals surface area contributed by atoms with Gasteiger partial charge >= 0.3 is 0 Å². The monoisotopic (exact) mass is 384 g/mol. The van der Waals surface area contributed by atoms with Crippen LogP contribution in [0.2, 0.25) is 0 Å². The first-order valence-corrected chi connectivity index (χ1v) is 8.53. The molecule has 7 heteroatoms. The molecule has 17 heavy (non-hydrogen) atoms. The summed E-state index contributed by atoms with van der Waals surface area (Å²) < 4.78 is 0.257. The number of nitrogens with zero attached hydrogens (tertiary/aromatic N) is 1. The SMILES string of the molecule is CCC1SCCSC1c1nc(O)c(I)c(=O)[nH]1. The first-order chi connectivity index (χ1) is 8.13. The highest BCUT2D eigenvalue weighted by atomic mass is 127. The lowest BCUT2D eigenvalue weighted by molar-refractivity contribution is 0.442. The van der Waals surface area contributed by atoms with Gasteiger partial charge in [-0.05, 0) is 29.0 Å². The van der Waals surface area contributed by atoms with Gasteiger partial charge in [-0.1, -0.05) is 6.92 Å². The van der Waals surface area contributed by atoms with Gasteiger partial charge in [0.1, 0.15) is 9.39 Å². The lowest BCUT2D eigenvalue weighted by atomic mass is 10.2. The van der Waals surface area contributed by atoms with Crippen molar-refractivity contribution in [3.63, 3.8) is 0 Å². The maximum absolute atomic E-state index is 11.6. The number of H-pyrrole nitrogens is 1. The number of aromatic nitrogens is 2. The second-order valence-electron chi connectivity index (χ2n) is 3.70. The van der Waals surface area contributed by atoms with Gasteiger partial charge in [0.2, 0.25) is 5.88 Å². The van der Waals surface area contributed by atoms with E-state index in [-0.39, 0.29) is 20.3 Å². The first-order valence-electron chi connectivity index (χ1n) is 5.35. The predicted octanol–water partition coefficient (Wildman–Crippen LogP) is 2.38. The Morgan fingerprint density at radius 1 is 1.53 bits per heavy atom. The average molecular weight is 384 g/mol. The maximum Gasteiger partial charge on any atom is 0.268 e. The van der Waals surface area contributed by atoms with E-state index < -0.39 is 0 Å². The standard InChI is InChI=1S/C10H13IN2O2S2/c1-2-5-7(17-4-3-16-5)8-12-9(14)6(11)10(15)13-8/h5,7H,2-4H2,1H3,(H2,12,13,14,15). The van der Waals surface area contributed by atoms with Gasteiger partial charge < -0.3 is 10.1 Å². The average Bonchev–Trinajstić information content (AvgIpc) is 2.35. The van der Waals surface area contributed by atoms with Crippen LogP contribution in [0.5, 0.6) is 5.88 Å². The summed E-state index contributed by atoms with van der Waals surface area (Å²) in [6.07, 6.45) is 1.04. The van der Waals surface area contributed by atoms with Crippen molar-refractivity contribution in [3.05, 3.63) is 19.7 Å². The van der Waals surface area contributed by atoms with Gasteiger partial charge in [0, 0.05) is 16.8 Å². The van der Waals surface area contributed by atoms with Crippen molar-refractivity contribution < 1.29 is 5.11 Å². The number of hydrogen-bond acceptors (Lipinski definition) is 5. The third kappa shape index (κ3) is 2.93. The smallest absolute Gasteiger partial charge is 0.268 e. The number of rotatable bonds is 2. The predicted molar refractivity (Wildman–Crippen MR) is 81.0 cm³/mol. The third-order valence-corrected chi connectivity index (χ3v) is 6.81. The van der Waals surface area contributed by atoms with Crippen molar-refractivity contribution in [2.24, 2.45) is 0 Å². The minimum atomic E-state index is -0.251. The van der Waals surface area contributed by atoms with E-state index >= 15 is 0 Å². The van der Waals surface area contributed by atoms with Gasteiger partial charge in [-0.2, -0.15) is 16.7 Å². The zero-order valence-electron chi connectivity index (χ0n) is 9.27. The number of hydrogen-bond donors (Lipinski definition) is 2. The van der Waals surface area contributed by atoms with E-state index in [2.05, 4.69) is 16.9 Å². The fraction of sp³-hybridized carbons (Fsp3) is 0.600. The molecule has 94 valence electrons. The van der Waals surface area contributed by atoms with Crippen LogP contribution in [-0.4, -0.2) is 31.8 Å². The molecule has 2 unspecified atom stereocenters. The molecule has 1 saturated heterocycles. The Kier molecular flexibility index (Phi) is 4.65. The Morgan fingerprint density at radius 2 is 2.24 bits per heavy atom. The van der Waals surface area contributed by atoms with E-state index in [1.54, 1.807) is 34.4 Å². The normalized spacial score (nSPS) is 24.8. The molecule has 0 aliphatic carbocycles. The van der Waals surface area contributed by atoms with Gasteiger partial charge in [-0.25, -0.2) is 0 Å². The maximum atomic E-state index is 11.6. The van der Waals surface area contributed by atoms with Crippen LogP contribution < -0.4 is 5.56 Å². The van der Waals surface area contributed by atoms with Gasteiger partial charge in [0.15, 0.2) is 0 Å². The van der Waals surface area contributed by atoms with E-state index in [1.165, 1.54) is 0 Å². The molecule has 0 spiro atoms. The summed E-state index contributed by atoms with van der Waals surface area (Å²) in [5.74, 6) is 2.65. The summed E-state index contributed by atoms with van der Waals surface area (Å²) in [5, 5.41) is 10.2. The zero-order chi connectivity index (χ0) is 12.4. The van der Waals surface area contributed by atoms with Crippen LogP contribution in [0.1, 0.15) is 24.4 Å². The summed E-state index contributed by atoms with van der Waals surface area (Å²) in [6.45, 7) is 2.14. The molecule has 1 aromatic rings. The van der Waals surface area contributed by atoms with Crippen molar-refractivity contribution in [1.29, 1.82) is 0 Å². The van der Waals surface area contributed by atoms with E-state index in [1.807, 2.05) is 11.8 Å². The van der Waals surface area contributed by atoms with Crippen LogP contribution in [0.4, 0.5) is 0 Å². The molecular formula is C10H13IN2O2S2. The van der Waals surface area contributed by atoms with Crippen LogP contribution in [0, 0.1) is 3.57 Å². The fourth-order valence-electron chi connectivity index (χ4n) is 1.75. The number of nitrogens with one attached hydrogen (secondary N) is 1. The Bertz CT molecular complexity index is 466. The van der Waals surface area contributed by atoms with Crippen LogP contribution in [0.15, 0.2) is 4.79 Å². The minimum absolute atomic E-state index is 0.157. The zero-order valence-corrected chi connectivity index (χ0v) is 13.1. The Balaban J connectivity index is 2.35. The van der Waals surface area contributed by atoms with E-state index in [0.717, 1.165) is 17.9 Å². The molecule has 0 amide bonds. The van der Waals surface area contributed by atoms with Gasteiger partial charge in [0.25, 0.3) is 5.56 Å². The quantitative estimate of drug-likeness (QED) is 0.767. The summed E-state index contributed by atoms with van der Waals surface area (Å²) in [4.78, 5) is 18.5. The number of halogens is 1. The van der Waals surface area contributed by atoms with Crippen molar-refractivity contribution >= 4 is 46.1 Å². The van der Waals surface area contributed by atoms with Crippen molar-refractivity contribution in [1.82, 2.24) is 9.97 Å². The van der Waals surface area contributed by atoms with Gasteiger partial charge in [-0.15, -0.1) is 11.8 Å². The molecule has 2 atom stereocenters. The Morgan fingerprint density at radius 3 is 2.88 bits per heavy atom. The van der Waals surface area contributed by atoms with E-state index in [9.17, 15) is 9.90 Å². The molecular weight excluding hydrogens is 371 g/mol. The highest BCUT2D eigenvalue weighted by Crippen LogP contribution is 2.42. The second kappa shape index (κ2) is 5.83. The summed E-state index contributed by atoms with van der Waals surface area (Å²) >= 11 is 5.52. The molecule has 4 nitrogen and oxygen atoms in total. The van der Waals surface area contributed by atoms with Crippen LogP contribution in [-0.2, 0) is 0 Å². The van der Waals surface area contributed by atoms with Crippen molar-refractivity contribution in [2.45, 2.75) is 23.8 Å². The molecule has 0 radical (unpaired) electrons. The summed E-state index contributed by atoms with van der Waals surface area (Å²) in [6, 6.07) is 0. The van der Waals surface area contributed by atoms with E-state index in [4.69, 9.17) is 0 Å². The molecule has 0 bridgehead atoms. The van der Waals surface area contributed by atoms with Crippen molar-refractivity contribution in [2.75, 3.05) is 11.5 Å². The summed E-state index contributed by atoms with van der Waals surface area (Å²) in [5.41, 5.74) is -0.251. The Labute approximate surface area is 122 Å². The van der Waals surface area contributed by atoms with Crippen LogP contribution in [0.3, 0.4) is 0 Å². The van der Waals surface area contributed by atoms with Gasteiger partial charge in [0.05, 0.1) is 5.25 Å². The molecule has 0 aromatic carbocycles.